The maximum Gasteiger partial charge on any atom is 0.141 e. The third-order valence-electron chi connectivity index (χ3n) is 3.72. The van der Waals surface area contributed by atoms with Gasteiger partial charge in [0.05, 0.1) is 4.47 Å². The SMILES string of the molecule is CCC(N)Cc1ccc(Oc2ccc(C)c(C)c2)c(Br)c1. The highest BCUT2D eigenvalue weighted by Gasteiger charge is 2.07. The van der Waals surface area contributed by atoms with E-state index < -0.39 is 0 Å². The summed E-state index contributed by atoms with van der Waals surface area (Å²) in [4.78, 5) is 0. The first-order valence-corrected chi connectivity index (χ1v) is 8.08. The van der Waals surface area contributed by atoms with Gasteiger partial charge in [-0.15, -0.1) is 0 Å². The summed E-state index contributed by atoms with van der Waals surface area (Å²) in [6.07, 6.45) is 1.87. The van der Waals surface area contributed by atoms with E-state index in [-0.39, 0.29) is 6.04 Å². The molecule has 0 spiro atoms. The predicted octanol–water partition coefficient (Wildman–Crippen LogP) is 5.14. The van der Waals surface area contributed by atoms with Crippen LogP contribution in [0.5, 0.6) is 11.5 Å². The molecule has 0 aliphatic rings. The Morgan fingerprint density at radius 2 is 1.86 bits per heavy atom. The zero-order chi connectivity index (χ0) is 15.4. The summed E-state index contributed by atoms with van der Waals surface area (Å²) in [6, 6.07) is 12.5. The molecule has 2 rings (SSSR count). The molecule has 3 heteroatoms. The molecule has 0 fully saturated rings. The topological polar surface area (TPSA) is 35.2 Å². The van der Waals surface area contributed by atoms with Crippen molar-refractivity contribution in [2.45, 2.75) is 39.7 Å². The molecule has 0 bridgehead atoms. The molecular formula is C18H22BrNO. The number of halogens is 1. The van der Waals surface area contributed by atoms with E-state index in [1.165, 1.54) is 16.7 Å². The molecule has 0 aromatic heterocycles. The van der Waals surface area contributed by atoms with Gasteiger partial charge in [-0.05, 0) is 83.6 Å². The fraction of sp³-hybridized carbons (Fsp3) is 0.333. The minimum absolute atomic E-state index is 0.211. The lowest BCUT2D eigenvalue weighted by Gasteiger charge is -2.12. The monoisotopic (exact) mass is 347 g/mol. The van der Waals surface area contributed by atoms with Crippen LogP contribution < -0.4 is 10.5 Å². The Balaban J connectivity index is 2.15. The fourth-order valence-electron chi connectivity index (χ4n) is 2.11. The first-order valence-electron chi connectivity index (χ1n) is 7.28. The van der Waals surface area contributed by atoms with Crippen molar-refractivity contribution in [1.82, 2.24) is 0 Å². The van der Waals surface area contributed by atoms with Crippen LogP contribution in [0.1, 0.15) is 30.0 Å². The van der Waals surface area contributed by atoms with Crippen molar-refractivity contribution in [3.63, 3.8) is 0 Å². The maximum atomic E-state index is 6.00. The summed E-state index contributed by atoms with van der Waals surface area (Å²) in [6.45, 7) is 6.30. The van der Waals surface area contributed by atoms with Crippen LogP contribution in [-0.4, -0.2) is 6.04 Å². The molecular weight excluding hydrogens is 326 g/mol. The van der Waals surface area contributed by atoms with Crippen LogP contribution >= 0.6 is 15.9 Å². The molecule has 0 aliphatic carbocycles. The standard InChI is InChI=1S/C18H22BrNO/c1-4-15(20)10-14-6-8-18(17(19)11-14)21-16-7-5-12(2)13(3)9-16/h5-9,11,15H,4,10,20H2,1-3H3. The Bertz CT molecular complexity index is 625. The lowest BCUT2D eigenvalue weighted by molar-refractivity contribution is 0.478. The van der Waals surface area contributed by atoms with E-state index in [1.54, 1.807) is 0 Å². The molecule has 112 valence electrons. The molecule has 1 atom stereocenters. The summed E-state index contributed by atoms with van der Waals surface area (Å²) in [5.74, 6) is 1.68. The van der Waals surface area contributed by atoms with Crippen molar-refractivity contribution in [2.24, 2.45) is 5.73 Å². The minimum atomic E-state index is 0.211. The first-order chi connectivity index (χ1) is 9.99. The Hall–Kier alpha value is -1.32. The van der Waals surface area contributed by atoms with Gasteiger partial charge >= 0.3 is 0 Å². The van der Waals surface area contributed by atoms with E-state index in [0.29, 0.717) is 0 Å². The number of nitrogens with two attached hydrogens (primary N) is 1. The molecule has 0 saturated carbocycles. The van der Waals surface area contributed by atoms with Gasteiger partial charge in [-0.25, -0.2) is 0 Å². The minimum Gasteiger partial charge on any atom is -0.456 e. The van der Waals surface area contributed by atoms with Crippen molar-refractivity contribution >= 4 is 15.9 Å². The summed E-state index contributed by atoms with van der Waals surface area (Å²) < 4.78 is 6.91. The molecule has 2 nitrogen and oxygen atoms in total. The second-order valence-corrected chi connectivity index (χ2v) is 6.34. The smallest absolute Gasteiger partial charge is 0.141 e. The fourth-order valence-corrected chi connectivity index (χ4v) is 2.61. The van der Waals surface area contributed by atoms with Gasteiger partial charge in [0.15, 0.2) is 0 Å². The van der Waals surface area contributed by atoms with E-state index in [9.17, 15) is 0 Å². The Labute approximate surface area is 135 Å². The van der Waals surface area contributed by atoms with Crippen molar-refractivity contribution in [2.75, 3.05) is 0 Å². The normalized spacial score (nSPS) is 12.2. The van der Waals surface area contributed by atoms with Crippen LogP contribution in [0.4, 0.5) is 0 Å². The number of benzene rings is 2. The van der Waals surface area contributed by atoms with Crippen LogP contribution in [0.2, 0.25) is 0 Å². The van der Waals surface area contributed by atoms with E-state index in [0.717, 1.165) is 28.8 Å². The summed E-state index contributed by atoms with van der Waals surface area (Å²) in [5.41, 5.74) is 9.73. The highest BCUT2D eigenvalue weighted by atomic mass is 79.9. The van der Waals surface area contributed by atoms with Gasteiger partial charge in [-0.1, -0.05) is 19.1 Å². The second-order valence-electron chi connectivity index (χ2n) is 5.49. The number of hydrogen-bond acceptors (Lipinski definition) is 2. The summed E-state index contributed by atoms with van der Waals surface area (Å²) in [7, 11) is 0. The van der Waals surface area contributed by atoms with Crippen molar-refractivity contribution in [1.29, 1.82) is 0 Å². The van der Waals surface area contributed by atoms with E-state index >= 15 is 0 Å². The van der Waals surface area contributed by atoms with E-state index in [1.807, 2.05) is 12.1 Å². The average Bonchev–Trinajstić information content (AvgIpc) is 2.45. The van der Waals surface area contributed by atoms with Crippen LogP contribution in [0.3, 0.4) is 0 Å². The second kappa shape index (κ2) is 7.10. The molecule has 21 heavy (non-hydrogen) atoms. The third-order valence-corrected chi connectivity index (χ3v) is 4.34. The van der Waals surface area contributed by atoms with Crippen LogP contribution in [0, 0.1) is 13.8 Å². The summed E-state index contributed by atoms with van der Waals surface area (Å²) in [5, 5.41) is 0. The molecule has 0 radical (unpaired) electrons. The maximum absolute atomic E-state index is 6.00. The molecule has 0 aliphatic heterocycles. The summed E-state index contributed by atoms with van der Waals surface area (Å²) >= 11 is 3.58. The lowest BCUT2D eigenvalue weighted by Crippen LogP contribution is -2.21. The average molecular weight is 348 g/mol. The molecule has 2 aromatic rings. The van der Waals surface area contributed by atoms with Crippen molar-refractivity contribution < 1.29 is 4.74 Å². The number of ether oxygens (including phenoxy) is 1. The largest absolute Gasteiger partial charge is 0.456 e. The lowest BCUT2D eigenvalue weighted by atomic mass is 10.0. The highest BCUT2D eigenvalue weighted by molar-refractivity contribution is 9.10. The zero-order valence-corrected chi connectivity index (χ0v) is 14.4. The molecule has 2 N–H and O–H groups in total. The van der Waals surface area contributed by atoms with Crippen LogP contribution in [0.25, 0.3) is 0 Å². The molecule has 0 heterocycles. The Kier molecular flexibility index (Phi) is 5.43. The van der Waals surface area contributed by atoms with Gasteiger partial charge in [-0.2, -0.15) is 0 Å². The van der Waals surface area contributed by atoms with Gasteiger partial charge in [0, 0.05) is 6.04 Å². The zero-order valence-electron chi connectivity index (χ0n) is 12.8. The van der Waals surface area contributed by atoms with E-state index in [4.69, 9.17) is 10.5 Å². The predicted molar refractivity (Wildman–Crippen MR) is 92.1 cm³/mol. The van der Waals surface area contributed by atoms with Crippen LogP contribution in [0.15, 0.2) is 40.9 Å². The molecule has 0 amide bonds. The van der Waals surface area contributed by atoms with Gasteiger partial charge in [0.2, 0.25) is 0 Å². The van der Waals surface area contributed by atoms with Gasteiger partial charge < -0.3 is 10.5 Å². The Morgan fingerprint density at radius 3 is 2.48 bits per heavy atom. The number of hydrogen-bond donors (Lipinski definition) is 1. The highest BCUT2D eigenvalue weighted by Crippen LogP contribution is 2.31. The van der Waals surface area contributed by atoms with E-state index in [2.05, 4.69) is 61.0 Å². The number of rotatable bonds is 5. The number of aryl methyl sites for hydroxylation is 2. The molecule has 2 aromatic carbocycles. The van der Waals surface area contributed by atoms with Crippen molar-refractivity contribution in [3.8, 4) is 11.5 Å². The third kappa shape index (κ3) is 4.32. The quantitative estimate of drug-likeness (QED) is 0.812. The Morgan fingerprint density at radius 1 is 1.10 bits per heavy atom. The molecule has 0 saturated heterocycles. The van der Waals surface area contributed by atoms with Gasteiger partial charge in [0.25, 0.3) is 0 Å². The molecule has 1 unspecified atom stereocenters. The van der Waals surface area contributed by atoms with Crippen LogP contribution in [-0.2, 0) is 6.42 Å². The van der Waals surface area contributed by atoms with Gasteiger partial charge in [0.1, 0.15) is 11.5 Å². The van der Waals surface area contributed by atoms with Crippen molar-refractivity contribution in [3.05, 3.63) is 57.6 Å². The first kappa shape index (κ1) is 16.1. The van der Waals surface area contributed by atoms with Gasteiger partial charge in [-0.3, -0.25) is 0 Å².